The van der Waals surface area contributed by atoms with Crippen LogP contribution in [0.5, 0.6) is 0 Å². The molecule has 0 amide bonds. The van der Waals surface area contributed by atoms with Crippen molar-refractivity contribution in [2.75, 3.05) is 0 Å². The standard InChI is InChI=1S/C14H20O2/c1-11-6-8-12(9-7-11)5-4-10-14(2,3)13(15)16/h6-9H,4-5,10H2,1-3H3,(H,15,16). The normalized spacial score (nSPS) is 11.4. The first-order valence-corrected chi connectivity index (χ1v) is 5.71. The molecule has 16 heavy (non-hydrogen) atoms. The molecule has 0 aromatic heterocycles. The Balaban J connectivity index is 2.41. The number of hydrogen-bond donors (Lipinski definition) is 1. The molecule has 1 aromatic carbocycles. The van der Waals surface area contributed by atoms with Gasteiger partial charge in [0, 0.05) is 0 Å². The Kier molecular flexibility index (Phi) is 4.11. The molecule has 1 rings (SSSR count). The predicted molar refractivity (Wildman–Crippen MR) is 65.5 cm³/mol. The van der Waals surface area contributed by atoms with Gasteiger partial charge in [-0.15, -0.1) is 0 Å². The quantitative estimate of drug-likeness (QED) is 0.825. The van der Waals surface area contributed by atoms with Gasteiger partial charge < -0.3 is 5.11 Å². The lowest BCUT2D eigenvalue weighted by Gasteiger charge is -2.18. The topological polar surface area (TPSA) is 37.3 Å². The van der Waals surface area contributed by atoms with E-state index in [-0.39, 0.29) is 0 Å². The third-order valence-electron chi connectivity index (χ3n) is 2.97. The molecule has 88 valence electrons. The first-order chi connectivity index (χ1) is 7.42. The Morgan fingerprint density at radius 3 is 2.31 bits per heavy atom. The summed E-state index contributed by atoms with van der Waals surface area (Å²) in [5.74, 6) is -0.712. The van der Waals surface area contributed by atoms with E-state index in [4.69, 9.17) is 5.11 Å². The van der Waals surface area contributed by atoms with Gasteiger partial charge in [-0.3, -0.25) is 4.79 Å². The molecule has 0 spiro atoms. The van der Waals surface area contributed by atoms with Gasteiger partial charge >= 0.3 is 5.97 Å². The zero-order chi connectivity index (χ0) is 12.2. The van der Waals surface area contributed by atoms with Gasteiger partial charge in [-0.05, 0) is 45.6 Å². The van der Waals surface area contributed by atoms with Gasteiger partial charge in [0.15, 0.2) is 0 Å². The second-order valence-corrected chi connectivity index (χ2v) is 5.03. The second kappa shape index (κ2) is 5.15. The van der Waals surface area contributed by atoms with E-state index in [0.29, 0.717) is 0 Å². The molecule has 1 N–H and O–H groups in total. The molecule has 1 aromatic rings. The molecule has 2 heteroatoms. The number of carboxylic acids is 1. The summed E-state index contributed by atoms with van der Waals surface area (Å²) in [6.07, 6.45) is 2.59. The highest BCUT2D eigenvalue weighted by atomic mass is 16.4. The molecule has 0 aliphatic carbocycles. The maximum absolute atomic E-state index is 10.9. The van der Waals surface area contributed by atoms with Gasteiger partial charge in [0.1, 0.15) is 0 Å². The Morgan fingerprint density at radius 1 is 1.25 bits per heavy atom. The number of carbonyl (C=O) groups is 1. The minimum Gasteiger partial charge on any atom is -0.481 e. The molecular weight excluding hydrogens is 200 g/mol. The van der Waals surface area contributed by atoms with E-state index in [2.05, 4.69) is 31.2 Å². The van der Waals surface area contributed by atoms with Crippen LogP contribution >= 0.6 is 0 Å². The van der Waals surface area contributed by atoms with Gasteiger partial charge in [-0.2, -0.15) is 0 Å². The van der Waals surface area contributed by atoms with Crippen LogP contribution in [-0.2, 0) is 11.2 Å². The molecule has 0 aliphatic heterocycles. The van der Waals surface area contributed by atoms with Crippen LogP contribution in [0.15, 0.2) is 24.3 Å². The number of benzene rings is 1. The van der Waals surface area contributed by atoms with Crippen LogP contribution in [0.25, 0.3) is 0 Å². The fourth-order valence-corrected chi connectivity index (χ4v) is 1.60. The van der Waals surface area contributed by atoms with Crippen molar-refractivity contribution >= 4 is 5.97 Å². The molecule has 0 bridgehead atoms. The summed E-state index contributed by atoms with van der Waals surface area (Å²) in [6, 6.07) is 8.42. The van der Waals surface area contributed by atoms with Crippen LogP contribution < -0.4 is 0 Å². The predicted octanol–water partition coefficient (Wildman–Crippen LogP) is 3.43. The summed E-state index contributed by atoms with van der Waals surface area (Å²) in [4.78, 5) is 10.9. The highest BCUT2D eigenvalue weighted by Gasteiger charge is 2.25. The van der Waals surface area contributed by atoms with Crippen LogP contribution in [0.3, 0.4) is 0 Å². The highest BCUT2D eigenvalue weighted by Crippen LogP contribution is 2.23. The first-order valence-electron chi connectivity index (χ1n) is 5.71. The van der Waals surface area contributed by atoms with Crippen LogP contribution in [0, 0.1) is 12.3 Å². The lowest BCUT2D eigenvalue weighted by atomic mass is 9.87. The Morgan fingerprint density at radius 2 is 1.81 bits per heavy atom. The van der Waals surface area contributed by atoms with Crippen LogP contribution in [0.4, 0.5) is 0 Å². The van der Waals surface area contributed by atoms with Crippen LogP contribution in [0.1, 0.15) is 37.8 Å². The summed E-state index contributed by atoms with van der Waals surface area (Å²) in [5.41, 5.74) is 1.94. The SMILES string of the molecule is Cc1ccc(CCCC(C)(C)C(=O)O)cc1. The number of carboxylic acid groups (broad SMARTS) is 1. The van der Waals surface area contributed by atoms with Crippen molar-refractivity contribution in [1.82, 2.24) is 0 Å². The lowest BCUT2D eigenvalue weighted by Crippen LogP contribution is -2.23. The van der Waals surface area contributed by atoms with Gasteiger partial charge in [0.25, 0.3) is 0 Å². The monoisotopic (exact) mass is 220 g/mol. The van der Waals surface area contributed by atoms with E-state index in [9.17, 15) is 4.79 Å². The molecule has 0 unspecified atom stereocenters. The van der Waals surface area contributed by atoms with Crippen molar-refractivity contribution in [3.8, 4) is 0 Å². The fraction of sp³-hybridized carbons (Fsp3) is 0.500. The van der Waals surface area contributed by atoms with Crippen molar-refractivity contribution in [3.05, 3.63) is 35.4 Å². The minimum absolute atomic E-state index is 0.606. The van der Waals surface area contributed by atoms with E-state index >= 15 is 0 Å². The fourth-order valence-electron chi connectivity index (χ4n) is 1.60. The first kappa shape index (κ1) is 12.8. The zero-order valence-corrected chi connectivity index (χ0v) is 10.3. The molecule has 0 fully saturated rings. The van der Waals surface area contributed by atoms with E-state index in [1.165, 1.54) is 11.1 Å². The van der Waals surface area contributed by atoms with Crippen molar-refractivity contribution < 1.29 is 9.90 Å². The second-order valence-electron chi connectivity index (χ2n) is 5.03. The average Bonchev–Trinajstić information content (AvgIpc) is 2.20. The zero-order valence-electron chi connectivity index (χ0n) is 10.3. The molecular formula is C14H20O2. The van der Waals surface area contributed by atoms with Gasteiger partial charge in [-0.1, -0.05) is 29.8 Å². The maximum atomic E-state index is 10.9. The number of aryl methyl sites for hydroxylation is 2. The Hall–Kier alpha value is -1.31. The third-order valence-corrected chi connectivity index (χ3v) is 2.97. The summed E-state index contributed by atoms with van der Waals surface area (Å²) in [7, 11) is 0. The van der Waals surface area contributed by atoms with Crippen molar-refractivity contribution in [3.63, 3.8) is 0 Å². The third kappa shape index (κ3) is 3.69. The average molecular weight is 220 g/mol. The number of hydrogen-bond acceptors (Lipinski definition) is 1. The summed E-state index contributed by atoms with van der Waals surface area (Å²) in [6.45, 7) is 5.63. The molecule has 0 heterocycles. The van der Waals surface area contributed by atoms with Crippen LogP contribution in [0.2, 0.25) is 0 Å². The summed E-state index contributed by atoms with van der Waals surface area (Å²) in [5, 5.41) is 8.97. The molecule has 0 radical (unpaired) electrons. The largest absolute Gasteiger partial charge is 0.481 e. The van der Waals surface area contributed by atoms with Crippen LogP contribution in [-0.4, -0.2) is 11.1 Å². The summed E-state index contributed by atoms with van der Waals surface area (Å²) >= 11 is 0. The van der Waals surface area contributed by atoms with Gasteiger partial charge in [0.05, 0.1) is 5.41 Å². The molecule has 2 nitrogen and oxygen atoms in total. The van der Waals surface area contributed by atoms with E-state index in [1.807, 2.05) is 0 Å². The van der Waals surface area contributed by atoms with Crippen molar-refractivity contribution in [1.29, 1.82) is 0 Å². The summed E-state index contributed by atoms with van der Waals surface area (Å²) < 4.78 is 0. The maximum Gasteiger partial charge on any atom is 0.309 e. The smallest absolute Gasteiger partial charge is 0.309 e. The molecule has 0 atom stereocenters. The molecule has 0 saturated heterocycles. The Bertz CT molecular complexity index is 350. The minimum atomic E-state index is -0.712. The van der Waals surface area contributed by atoms with Crippen molar-refractivity contribution in [2.24, 2.45) is 5.41 Å². The Labute approximate surface area is 97.3 Å². The number of rotatable bonds is 5. The van der Waals surface area contributed by atoms with E-state index in [1.54, 1.807) is 13.8 Å². The van der Waals surface area contributed by atoms with Crippen molar-refractivity contribution in [2.45, 2.75) is 40.0 Å². The van der Waals surface area contributed by atoms with Gasteiger partial charge in [0.2, 0.25) is 0 Å². The lowest BCUT2D eigenvalue weighted by molar-refractivity contribution is -0.147. The van der Waals surface area contributed by atoms with E-state index < -0.39 is 11.4 Å². The molecule has 0 aliphatic rings. The van der Waals surface area contributed by atoms with E-state index in [0.717, 1.165) is 19.3 Å². The highest BCUT2D eigenvalue weighted by molar-refractivity contribution is 5.73. The molecule has 0 saturated carbocycles. The van der Waals surface area contributed by atoms with Gasteiger partial charge in [-0.25, -0.2) is 0 Å². The number of aliphatic carboxylic acids is 1.